The third-order valence-corrected chi connectivity index (χ3v) is 6.26. The third kappa shape index (κ3) is 5.40. The zero-order valence-electron chi connectivity index (χ0n) is 17.4. The van der Waals surface area contributed by atoms with E-state index in [0.717, 1.165) is 11.1 Å². The number of sulfonamides is 1. The van der Waals surface area contributed by atoms with E-state index in [9.17, 15) is 13.5 Å². The third-order valence-electron chi connectivity index (χ3n) is 4.48. The van der Waals surface area contributed by atoms with Crippen LogP contribution in [-0.4, -0.2) is 25.7 Å². The van der Waals surface area contributed by atoms with Crippen molar-refractivity contribution >= 4 is 15.7 Å². The van der Waals surface area contributed by atoms with E-state index >= 15 is 0 Å². The normalized spacial score (nSPS) is 11.9. The molecule has 0 atom stereocenters. The van der Waals surface area contributed by atoms with E-state index in [1.165, 1.54) is 4.31 Å². The molecule has 0 amide bonds. The van der Waals surface area contributed by atoms with Crippen LogP contribution in [-0.2, 0) is 16.6 Å². The molecule has 158 valence electrons. The van der Waals surface area contributed by atoms with Crippen LogP contribution in [0.25, 0.3) is 0 Å². The minimum atomic E-state index is -3.91. The second-order valence-electron chi connectivity index (χ2n) is 7.88. The molecule has 5 nitrogen and oxygen atoms in total. The van der Waals surface area contributed by atoms with Crippen LogP contribution in [0.5, 0.6) is 5.75 Å². The van der Waals surface area contributed by atoms with Crippen LogP contribution in [0.15, 0.2) is 83.8 Å². The Morgan fingerprint density at radius 3 is 2.13 bits per heavy atom. The topological polar surface area (TPSA) is 66.8 Å². The van der Waals surface area contributed by atoms with Crippen molar-refractivity contribution in [1.82, 2.24) is 0 Å². The molecule has 0 bridgehead atoms. The Morgan fingerprint density at radius 1 is 0.933 bits per heavy atom. The number of benzene rings is 3. The number of aliphatic hydroxyl groups is 1. The molecule has 3 rings (SSSR count). The minimum Gasteiger partial charge on any atom is -0.487 e. The zero-order chi connectivity index (χ0) is 21.8. The summed E-state index contributed by atoms with van der Waals surface area (Å²) in [7, 11) is -3.91. The molecule has 3 aromatic carbocycles. The lowest BCUT2D eigenvalue weighted by molar-refractivity contribution is 0.0908. The molecule has 0 aromatic heterocycles. The highest BCUT2D eigenvalue weighted by Crippen LogP contribution is 2.35. The molecule has 0 aliphatic carbocycles. The van der Waals surface area contributed by atoms with Gasteiger partial charge in [-0.2, -0.15) is 0 Å². The molecule has 0 heterocycles. The summed E-state index contributed by atoms with van der Waals surface area (Å²) in [5, 5.41) is 10.5. The van der Waals surface area contributed by atoms with E-state index in [-0.39, 0.29) is 11.4 Å². The van der Waals surface area contributed by atoms with Gasteiger partial charge in [0.1, 0.15) is 12.4 Å². The van der Waals surface area contributed by atoms with Crippen LogP contribution in [0.4, 0.5) is 5.69 Å². The quantitative estimate of drug-likeness (QED) is 0.575. The van der Waals surface area contributed by atoms with Gasteiger partial charge in [0.05, 0.1) is 22.7 Å². The maximum absolute atomic E-state index is 13.5. The van der Waals surface area contributed by atoms with Gasteiger partial charge >= 0.3 is 0 Å². The van der Waals surface area contributed by atoms with E-state index in [1.54, 1.807) is 50.2 Å². The van der Waals surface area contributed by atoms with Crippen LogP contribution in [0.3, 0.4) is 0 Å². The summed E-state index contributed by atoms with van der Waals surface area (Å²) in [6, 6.07) is 23.3. The highest BCUT2D eigenvalue weighted by Gasteiger charge is 2.32. The number of hydrogen-bond donors (Lipinski definition) is 1. The molecule has 3 aromatic rings. The molecule has 0 spiro atoms. The average molecular weight is 426 g/mol. The summed E-state index contributed by atoms with van der Waals surface area (Å²) < 4.78 is 34.2. The maximum Gasteiger partial charge on any atom is 0.264 e. The lowest BCUT2D eigenvalue weighted by Gasteiger charge is -2.31. The van der Waals surface area contributed by atoms with Gasteiger partial charge in [0, 0.05) is 0 Å². The van der Waals surface area contributed by atoms with Crippen LogP contribution in [0, 0.1) is 6.92 Å². The van der Waals surface area contributed by atoms with Gasteiger partial charge in [-0.1, -0.05) is 54.6 Å². The number of aryl methyl sites for hydroxylation is 1. The number of rotatable bonds is 8. The standard InChI is InChI=1S/C24H27NO4S/c1-19-14-15-22(23(16-19)29-17-20-10-6-4-7-11-20)25(18-24(2,3)26)30(27,28)21-12-8-5-9-13-21/h4-16,26H,17-18H2,1-3H3. The van der Waals surface area contributed by atoms with Gasteiger partial charge < -0.3 is 9.84 Å². The molecule has 0 aliphatic heterocycles. The van der Waals surface area contributed by atoms with Crippen LogP contribution < -0.4 is 9.04 Å². The largest absolute Gasteiger partial charge is 0.487 e. The Morgan fingerprint density at radius 2 is 1.53 bits per heavy atom. The van der Waals surface area contributed by atoms with Gasteiger partial charge in [-0.25, -0.2) is 8.42 Å². The number of ether oxygens (including phenoxy) is 1. The molecular formula is C24H27NO4S. The number of hydrogen-bond acceptors (Lipinski definition) is 4. The van der Waals surface area contributed by atoms with Crippen molar-refractivity contribution in [3.63, 3.8) is 0 Å². The first kappa shape index (κ1) is 21.9. The van der Waals surface area contributed by atoms with Crippen molar-refractivity contribution in [2.75, 3.05) is 10.8 Å². The molecule has 0 radical (unpaired) electrons. The summed E-state index contributed by atoms with van der Waals surface area (Å²) >= 11 is 0. The van der Waals surface area contributed by atoms with Crippen molar-refractivity contribution in [1.29, 1.82) is 0 Å². The van der Waals surface area contributed by atoms with Crippen LogP contribution >= 0.6 is 0 Å². The van der Waals surface area contributed by atoms with Crippen LogP contribution in [0.2, 0.25) is 0 Å². The molecule has 1 N–H and O–H groups in total. The second kappa shape index (κ2) is 8.90. The Kier molecular flexibility index (Phi) is 6.48. The number of anilines is 1. The molecule has 0 aliphatic rings. The molecule has 0 unspecified atom stereocenters. The smallest absolute Gasteiger partial charge is 0.264 e. The van der Waals surface area contributed by atoms with Crippen molar-refractivity contribution in [2.24, 2.45) is 0 Å². The lowest BCUT2D eigenvalue weighted by atomic mass is 10.1. The van der Waals surface area contributed by atoms with Gasteiger partial charge in [0.25, 0.3) is 10.0 Å². The van der Waals surface area contributed by atoms with Gasteiger partial charge in [0.15, 0.2) is 0 Å². The minimum absolute atomic E-state index is 0.116. The van der Waals surface area contributed by atoms with E-state index in [2.05, 4.69) is 0 Å². The molecule has 6 heteroatoms. The molecule has 30 heavy (non-hydrogen) atoms. The van der Waals surface area contributed by atoms with E-state index in [1.807, 2.05) is 49.4 Å². The van der Waals surface area contributed by atoms with Gasteiger partial charge in [-0.15, -0.1) is 0 Å². The van der Waals surface area contributed by atoms with Gasteiger partial charge in [-0.3, -0.25) is 4.31 Å². The highest BCUT2D eigenvalue weighted by molar-refractivity contribution is 7.92. The fourth-order valence-corrected chi connectivity index (χ4v) is 4.70. The molecule has 0 saturated carbocycles. The van der Waals surface area contributed by atoms with E-state index in [0.29, 0.717) is 18.0 Å². The fourth-order valence-electron chi connectivity index (χ4n) is 3.05. The first-order valence-electron chi connectivity index (χ1n) is 9.74. The maximum atomic E-state index is 13.5. The lowest BCUT2D eigenvalue weighted by Crippen LogP contribution is -2.42. The number of nitrogens with zero attached hydrogens (tertiary/aromatic N) is 1. The molecule has 0 saturated heterocycles. The summed E-state index contributed by atoms with van der Waals surface area (Å²) in [4.78, 5) is 0.156. The first-order valence-corrected chi connectivity index (χ1v) is 11.2. The summed E-state index contributed by atoms with van der Waals surface area (Å²) in [5.41, 5.74) is 1.07. The van der Waals surface area contributed by atoms with Gasteiger partial charge in [0.2, 0.25) is 0 Å². The Bertz CT molecular complexity index is 1080. The van der Waals surface area contributed by atoms with Crippen molar-refractivity contribution in [2.45, 2.75) is 37.9 Å². The fraction of sp³-hybridized carbons (Fsp3) is 0.250. The predicted molar refractivity (Wildman–Crippen MR) is 119 cm³/mol. The van der Waals surface area contributed by atoms with Gasteiger partial charge in [-0.05, 0) is 56.2 Å². The van der Waals surface area contributed by atoms with E-state index < -0.39 is 15.6 Å². The Balaban J connectivity index is 2.05. The van der Waals surface area contributed by atoms with Crippen LogP contribution in [0.1, 0.15) is 25.0 Å². The first-order chi connectivity index (χ1) is 14.2. The molecular weight excluding hydrogens is 398 g/mol. The summed E-state index contributed by atoms with van der Waals surface area (Å²) in [6.45, 7) is 5.28. The molecule has 0 fully saturated rings. The summed E-state index contributed by atoms with van der Waals surface area (Å²) in [6.07, 6.45) is 0. The summed E-state index contributed by atoms with van der Waals surface area (Å²) in [5.74, 6) is 0.447. The van der Waals surface area contributed by atoms with Crippen molar-refractivity contribution < 1.29 is 18.3 Å². The predicted octanol–water partition coefficient (Wildman–Crippen LogP) is 4.54. The Hall–Kier alpha value is -2.83. The highest BCUT2D eigenvalue weighted by atomic mass is 32.2. The van der Waals surface area contributed by atoms with E-state index in [4.69, 9.17) is 4.74 Å². The van der Waals surface area contributed by atoms with Crippen molar-refractivity contribution in [3.05, 3.63) is 90.0 Å². The zero-order valence-corrected chi connectivity index (χ0v) is 18.3. The monoisotopic (exact) mass is 425 g/mol. The average Bonchev–Trinajstić information content (AvgIpc) is 2.71. The Labute approximate surface area is 178 Å². The second-order valence-corrected chi connectivity index (χ2v) is 9.74. The van der Waals surface area contributed by atoms with Crippen molar-refractivity contribution in [3.8, 4) is 5.75 Å². The SMILES string of the molecule is Cc1ccc(N(CC(C)(C)O)S(=O)(=O)c2ccccc2)c(OCc2ccccc2)c1.